The summed E-state index contributed by atoms with van der Waals surface area (Å²) in [5.41, 5.74) is 5.82. The van der Waals surface area contributed by atoms with Crippen LogP contribution in [-0.4, -0.2) is 66.9 Å². The van der Waals surface area contributed by atoms with Crippen molar-refractivity contribution in [2.75, 3.05) is 51.0 Å². The van der Waals surface area contributed by atoms with Crippen molar-refractivity contribution in [3.05, 3.63) is 0 Å². The van der Waals surface area contributed by atoms with Gasteiger partial charge in [0, 0.05) is 24.6 Å². The first-order valence-corrected chi connectivity index (χ1v) is 6.31. The molecular weight excluding hydrogens is 214 g/mol. The highest BCUT2D eigenvalue weighted by molar-refractivity contribution is 7.99. The number of thioether (sulfide) groups is 1. The number of rotatable bonds is 5. The van der Waals surface area contributed by atoms with Crippen molar-refractivity contribution in [1.82, 2.24) is 4.90 Å². The van der Waals surface area contributed by atoms with E-state index in [1.54, 1.807) is 0 Å². The molecule has 0 aromatic heterocycles. The summed E-state index contributed by atoms with van der Waals surface area (Å²) in [5, 5.41) is 8.48. The molecule has 0 aromatic carbocycles. The summed E-state index contributed by atoms with van der Waals surface area (Å²) in [6.07, 6.45) is 0. The highest BCUT2D eigenvalue weighted by Gasteiger charge is 2.11. The van der Waals surface area contributed by atoms with Crippen LogP contribution in [0.5, 0.6) is 0 Å². The smallest absolute Gasteiger partial charge is 0.191 e. The van der Waals surface area contributed by atoms with Crippen LogP contribution in [0.25, 0.3) is 0 Å². The molecule has 1 aliphatic rings. The van der Waals surface area contributed by atoms with E-state index in [1.165, 1.54) is 0 Å². The maximum Gasteiger partial charge on any atom is 0.191 e. The van der Waals surface area contributed by atoms with Gasteiger partial charge >= 0.3 is 0 Å². The molecule has 1 saturated heterocycles. The van der Waals surface area contributed by atoms with Crippen molar-refractivity contribution in [3.8, 4) is 0 Å². The second kappa shape index (κ2) is 7.78. The SMILES string of the molecule is NC(=NCCOCCO)N1CCSCC1. The van der Waals surface area contributed by atoms with E-state index in [-0.39, 0.29) is 6.61 Å². The molecular formula is C9H19N3O2S. The van der Waals surface area contributed by atoms with Gasteiger partial charge < -0.3 is 20.5 Å². The molecule has 88 valence electrons. The minimum atomic E-state index is 0.0581. The molecule has 1 heterocycles. The summed E-state index contributed by atoms with van der Waals surface area (Å²) >= 11 is 1.95. The van der Waals surface area contributed by atoms with Gasteiger partial charge in [0.15, 0.2) is 5.96 Å². The molecule has 1 aliphatic heterocycles. The molecule has 6 heteroatoms. The van der Waals surface area contributed by atoms with Crippen LogP contribution in [0.4, 0.5) is 0 Å². The number of nitrogens with zero attached hydrogens (tertiary/aromatic N) is 2. The van der Waals surface area contributed by atoms with Crippen molar-refractivity contribution in [2.45, 2.75) is 0 Å². The van der Waals surface area contributed by atoms with Gasteiger partial charge in [-0.25, -0.2) is 0 Å². The Kier molecular flexibility index (Phi) is 6.54. The van der Waals surface area contributed by atoms with E-state index in [9.17, 15) is 0 Å². The topological polar surface area (TPSA) is 71.1 Å². The third kappa shape index (κ3) is 5.25. The second-order valence-corrected chi connectivity index (χ2v) is 4.40. The molecule has 0 saturated carbocycles. The van der Waals surface area contributed by atoms with Crippen LogP contribution in [0.15, 0.2) is 4.99 Å². The van der Waals surface area contributed by atoms with Crippen LogP contribution in [0.3, 0.4) is 0 Å². The van der Waals surface area contributed by atoms with Gasteiger partial charge in [0.2, 0.25) is 0 Å². The Morgan fingerprint density at radius 3 is 2.80 bits per heavy atom. The van der Waals surface area contributed by atoms with Crippen LogP contribution < -0.4 is 5.73 Å². The van der Waals surface area contributed by atoms with E-state index >= 15 is 0 Å². The number of guanidine groups is 1. The monoisotopic (exact) mass is 233 g/mol. The van der Waals surface area contributed by atoms with Gasteiger partial charge in [-0.15, -0.1) is 0 Å². The molecule has 15 heavy (non-hydrogen) atoms. The summed E-state index contributed by atoms with van der Waals surface area (Å²) in [5.74, 6) is 2.86. The number of hydrogen-bond donors (Lipinski definition) is 2. The Labute approximate surface area is 94.7 Å². The molecule has 5 nitrogen and oxygen atoms in total. The first kappa shape index (κ1) is 12.6. The maximum atomic E-state index is 8.48. The molecule has 3 N–H and O–H groups in total. The van der Waals surface area contributed by atoms with Gasteiger partial charge in [-0.3, -0.25) is 4.99 Å². The van der Waals surface area contributed by atoms with E-state index in [0.717, 1.165) is 24.6 Å². The van der Waals surface area contributed by atoms with Crippen molar-refractivity contribution in [3.63, 3.8) is 0 Å². The summed E-state index contributed by atoms with van der Waals surface area (Å²) < 4.78 is 5.09. The molecule has 0 aliphatic carbocycles. The van der Waals surface area contributed by atoms with Crippen molar-refractivity contribution < 1.29 is 9.84 Å². The molecule has 0 unspecified atom stereocenters. The van der Waals surface area contributed by atoms with Crippen LogP contribution in [0.2, 0.25) is 0 Å². The van der Waals surface area contributed by atoms with Gasteiger partial charge in [-0.1, -0.05) is 0 Å². The average Bonchev–Trinajstić information content (AvgIpc) is 2.30. The van der Waals surface area contributed by atoms with Crippen LogP contribution in [0.1, 0.15) is 0 Å². The number of nitrogens with two attached hydrogens (primary N) is 1. The van der Waals surface area contributed by atoms with Gasteiger partial charge in [-0.05, 0) is 0 Å². The lowest BCUT2D eigenvalue weighted by molar-refractivity contribution is 0.0976. The molecule has 0 aromatic rings. The molecule has 1 rings (SSSR count). The van der Waals surface area contributed by atoms with Crippen molar-refractivity contribution >= 4 is 17.7 Å². The normalized spacial score (nSPS) is 18.2. The molecule has 0 spiro atoms. The number of aliphatic imine (C=N–C) groups is 1. The van der Waals surface area contributed by atoms with E-state index in [0.29, 0.717) is 25.7 Å². The fourth-order valence-electron chi connectivity index (χ4n) is 1.28. The minimum absolute atomic E-state index is 0.0581. The lowest BCUT2D eigenvalue weighted by Gasteiger charge is -2.27. The molecule has 0 bridgehead atoms. The Balaban J connectivity index is 2.13. The summed E-state index contributed by atoms with van der Waals surface area (Å²) in [6, 6.07) is 0. The first-order chi connectivity index (χ1) is 7.34. The number of ether oxygens (including phenoxy) is 1. The highest BCUT2D eigenvalue weighted by Crippen LogP contribution is 2.08. The third-order valence-electron chi connectivity index (χ3n) is 2.08. The van der Waals surface area contributed by atoms with Crippen LogP contribution in [0, 0.1) is 0 Å². The van der Waals surface area contributed by atoms with Gasteiger partial charge in [0.25, 0.3) is 0 Å². The number of hydrogen-bond acceptors (Lipinski definition) is 4. The number of aliphatic hydroxyl groups excluding tert-OH is 1. The summed E-state index contributed by atoms with van der Waals surface area (Å²) in [7, 11) is 0. The van der Waals surface area contributed by atoms with Gasteiger partial charge in [0.1, 0.15) is 0 Å². The Morgan fingerprint density at radius 2 is 2.13 bits per heavy atom. The largest absolute Gasteiger partial charge is 0.394 e. The first-order valence-electron chi connectivity index (χ1n) is 5.16. The molecule has 0 amide bonds. The van der Waals surface area contributed by atoms with Crippen LogP contribution in [-0.2, 0) is 4.74 Å². The fraction of sp³-hybridized carbons (Fsp3) is 0.889. The van der Waals surface area contributed by atoms with Crippen LogP contribution >= 0.6 is 11.8 Å². The Morgan fingerprint density at radius 1 is 1.40 bits per heavy atom. The Bertz CT molecular complexity index is 196. The lowest BCUT2D eigenvalue weighted by atomic mass is 10.5. The third-order valence-corrected chi connectivity index (χ3v) is 3.02. The predicted molar refractivity (Wildman–Crippen MR) is 63.3 cm³/mol. The molecule has 0 atom stereocenters. The zero-order valence-electron chi connectivity index (χ0n) is 8.89. The summed E-state index contributed by atoms with van der Waals surface area (Å²) in [4.78, 5) is 6.32. The van der Waals surface area contributed by atoms with E-state index in [4.69, 9.17) is 15.6 Å². The predicted octanol–water partition coefficient (Wildman–Crippen LogP) is -0.641. The maximum absolute atomic E-state index is 8.48. The molecule has 1 fully saturated rings. The van der Waals surface area contributed by atoms with Crippen molar-refractivity contribution in [1.29, 1.82) is 0 Å². The average molecular weight is 233 g/mol. The van der Waals surface area contributed by atoms with E-state index < -0.39 is 0 Å². The zero-order valence-corrected chi connectivity index (χ0v) is 9.71. The quantitative estimate of drug-likeness (QED) is 0.375. The van der Waals surface area contributed by atoms with E-state index in [2.05, 4.69) is 9.89 Å². The molecule has 0 radical (unpaired) electrons. The van der Waals surface area contributed by atoms with Gasteiger partial charge in [0.05, 0.1) is 26.4 Å². The standard InChI is InChI=1S/C9H19N3O2S/c10-9(11-1-5-14-6-4-13)12-2-7-15-8-3-12/h13H,1-8H2,(H2,10,11). The van der Waals surface area contributed by atoms with Gasteiger partial charge in [-0.2, -0.15) is 11.8 Å². The number of aliphatic hydroxyl groups is 1. The lowest BCUT2D eigenvalue weighted by Crippen LogP contribution is -2.42. The Hall–Kier alpha value is -0.460. The second-order valence-electron chi connectivity index (χ2n) is 3.18. The minimum Gasteiger partial charge on any atom is -0.394 e. The highest BCUT2D eigenvalue weighted by atomic mass is 32.2. The zero-order chi connectivity index (χ0) is 10.9. The van der Waals surface area contributed by atoms with E-state index in [1.807, 2.05) is 11.8 Å². The fourth-order valence-corrected chi connectivity index (χ4v) is 2.19. The summed E-state index contributed by atoms with van der Waals surface area (Å²) in [6.45, 7) is 3.48. The van der Waals surface area contributed by atoms with Crippen molar-refractivity contribution in [2.24, 2.45) is 10.7 Å².